The molecule has 0 radical (unpaired) electrons. The summed E-state index contributed by atoms with van der Waals surface area (Å²) in [5.41, 5.74) is 0. The van der Waals surface area contributed by atoms with Crippen molar-refractivity contribution < 1.29 is 0 Å². The zero-order valence-corrected chi connectivity index (χ0v) is 9.62. The standard InChI is InChI=1S/C10H24S/c1-7-10(2)8-9-11(3,4,5)6/h7,10-11H,1,8-9H2,2-6H3. The Bertz CT molecular complexity index is 129. The van der Waals surface area contributed by atoms with Crippen LogP contribution in [0.3, 0.4) is 0 Å². The van der Waals surface area contributed by atoms with Crippen LogP contribution in [0.2, 0.25) is 0 Å². The molecule has 0 saturated carbocycles. The summed E-state index contributed by atoms with van der Waals surface area (Å²) >= 11 is 0. The number of allylic oxidation sites excluding steroid dienone is 1. The molecular formula is C10H24S. The molecule has 0 amide bonds. The summed E-state index contributed by atoms with van der Waals surface area (Å²) in [5.74, 6) is 2.08. The van der Waals surface area contributed by atoms with Crippen LogP contribution in [0.4, 0.5) is 0 Å². The topological polar surface area (TPSA) is 0 Å². The molecule has 11 heavy (non-hydrogen) atoms. The van der Waals surface area contributed by atoms with Crippen molar-refractivity contribution in [2.24, 2.45) is 5.92 Å². The smallest absolute Gasteiger partial charge is 0.0258 e. The van der Waals surface area contributed by atoms with Gasteiger partial charge in [0.15, 0.2) is 0 Å². The Morgan fingerprint density at radius 2 is 1.73 bits per heavy atom. The van der Waals surface area contributed by atoms with Gasteiger partial charge in [0.25, 0.3) is 0 Å². The molecule has 1 heteroatoms. The second-order valence-electron chi connectivity index (χ2n) is 5.67. The summed E-state index contributed by atoms with van der Waals surface area (Å²) in [6, 6.07) is 0. The van der Waals surface area contributed by atoms with Crippen LogP contribution in [0, 0.1) is 5.92 Å². The minimum atomic E-state index is -1.24. The van der Waals surface area contributed by atoms with Crippen molar-refractivity contribution in [1.82, 2.24) is 0 Å². The van der Waals surface area contributed by atoms with E-state index in [0.717, 1.165) is 0 Å². The first kappa shape index (κ1) is 11.1. The van der Waals surface area contributed by atoms with Crippen molar-refractivity contribution in [3.8, 4) is 0 Å². The third-order valence-electron chi connectivity index (χ3n) is 1.88. The van der Waals surface area contributed by atoms with Crippen LogP contribution < -0.4 is 0 Å². The average Bonchev–Trinajstić information content (AvgIpc) is 1.80. The molecule has 0 aliphatic carbocycles. The molecule has 70 valence electrons. The monoisotopic (exact) mass is 176 g/mol. The Morgan fingerprint density at radius 1 is 1.27 bits per heavy atom. The van der Waals surface area contributed by atoms with E-state index in [0.29, 0.717) is 5.92 Å². The summed E-state index contributed by atoms with van der Waals surface area (Å²) < 4.78 is 0. The van der Waals surface area contributed by atoms with Crippen molar-refractivity contribution in [1.29, 1.82) is 0 Å². The van der Waals surface area contributed by atoms with Crippen LogP contribution in [-0.4, -0.2) is 30.8 Å². The average molecular weight is 176 g/mol. The summed E-state index contributed by atoms with van der Waals surface area (Å²) in [6.07, 6.45) is 13.1. The largest absolute Gasteiger partial charge is 0.292 e. The number of hydrogen-bond acceptors (Lipinski definition) is 0. The summed E-state index contributed by atoms with van der Waals surface area (Å²) in [6.45, 7) is 6.04. The molecule has 0 rings (SSSR count). The normalized spacial score (nSPS) is 18.5. The van der Waals surface area contributed by atoms with Crippen molar-refractivity contribution >= 4 is 9.16 Å². The Hall–Kier alpha value is 0.0900. The Balaban J connectivity index is 3.80. The molecular weight excluding hydrogens is 152 g/mol. The van der Waals surface area contributed by atoms with Crippen LogP contribution >= 0.6 is 9.16 Å². The van der Waals surface area contributed by atoms with Gasteiger partial charge >= 0.3 is 0 Å². The van der Waals surface area contributed by atoms with E-state index >= 15 is 0 Å². The van der Waals surface area contributed by atoms with Crippen LogP contribution in [0.5, 0.6) is 0 Å². The SMILES string of the molecule is C=CC(C)CC[SH](C)(C)(C)C. The fourth-order valence-corrected chi connectivity index (χ4v) is 2.28. The molecule has 0 heterocycles. The highest BCUT2D eigenvalue weighted by atomic mass is 32.3. The van der Waals surface area contributed by atoms with Gasteiger partial charge in [-0.15, -0.1) is 6.58 Å². The Kier molecular flexibility index (Phi) is 3.25. The third-order valence-corrected chi connectivity index (χ3v) is 3.93. The molecule has 0 aromatic carbocycles. The molecule has 1 atom stereocenters. The lowest BCUT2D eigenvalue weighted by Crippen LogP contribution is -2.16. The summed E-state index contributed by atoms with van der Waals surface area (Å²) in [4.78, 5) is 0. The molecule has 0 aromatic heterocycles. The maximum absolute atomic E-state index is 3.80. The van der Waals surface area contributed by atoms with E-state index in [1.165, 1.54) is 12.2 Å². The van der Waals surface area contributed by atoms with Crippen LogP contribution in [0.1, 0.15) is 13.3 Å². The maximum atomic E-state index is 3.80. The van der Waals surface area contributed by atoms with Crippen molar-refractivity contribution in [3.05, 3.63) is 12.7 Å². The predicted octanol–water partition coefficient (Wildman–Crippen LogP) is 2.79. The number of hydrogen-bond donors (Lipinski definition) is 1. The lowest BCUT2D eigenvalue weighted by atomic mass is 10.1. The van der Waals surface area contributed by atoms with Gasteiger partial charge < -0.3 is 0 Å². The van der Waals surface area contributed by atoms with Gasteiger partial charge in [-0.05, 0) is 43.1 Å². The van der Waals surface area contributed by atoms with Gasteiger partial charge in [0.05, 0.1) is 0 Å². The van der Waals surface area contributed by atoms with E-state index in [1.807, 2.05) is 0 Å². The first-order valence-electron chi connectivity index (χ1n) is 4.33. The van der Waals surface area contributed by atoms with Gasteiger partial charge in [0.1, 0.15) is 0 Å². The Labute approximate surface area is 72.4 Å². The number of rotatable bonds is 4. The Morgan fingerprint density at radius 3 is 2.00 bits per heavy atom. The number of thiol groups is 1. The van der Waals surface area contributed by atoms with Gasteiger partial charge in [-0.1, -0.05) is 13.0 Å². The molecule has 0 aliphatic rings. The van der Waals surface area contributed by atoms with Gasteiger partial charge in [-0.25, -0.2) is 0 Å². The van der Waals surface area contributed by atoms with Crippen molar-refractivity contribution in [2.75, 3.05) is 30.8 Å². The molecule has 0 aliphatic heterocycles. The third kappa shape index (κ3) is 7.99. The molecule has 1 unspecified atom stereocenters. The van der Waals surface area contributed by atoms with E-state index in [9.17, 15) is 0 Å². The highest BCUT2D eigenvalue weighted by Crippen LogP contribution is 2.56. The second-order valence-corrected chi connectivity index (χ2v) is 14.0. The fourth-order valence-electron chi connectivity index (χ4n) is 0.838. The van der Waals surface area contributed by atoms with Gasteiger partial charge in [0, 0.05) is 0 Å². The highest BCUT2D eigenvalue weighted by molar-refractivity contribution is 8.47. The van der Waals surface area contributed by atoms with E-state index in [2.05, 4.69) is 44.6 Å². The lowest BCUT2D eigenvalue weighted by molar-refractivity contribution is 0.704. The van der Waals surface area contributed by atoms with E-state index < -0.39 is 9.16 Å². The molecule has 0 spiro atoms. The predicted molar refractivity (Wildman–Crippen MR) is 61.5 cm³/mol. The van der Waals surface area contributed by atoms with Crippen LogP contribution in [-0.2, 0) is 0 Å². The zero-order chi connectivity index (χ0) is 9.15. The van der Waals surface area contributed by atoms with Crippen molar-refractivity contribution in [2.45, 2.75) is 13.3 Å². The zero-order valence-electron chi connectivity index (χ0n) is 8.72. The second kappa shape index (κ2) is 3.22. The molecule has 0 nitrogen and oxygen atoms in total. The summed E-state index contributed by atoms with van der Waals surface area (Å²) in [7, 11) is -1.24. The minimum Gasteiger partial charge on any atom is -0.292 e. The summed E-state index contributed by atoms with van der Waals surface area (Å²) in [5, 5.41) is 0. The maximum Gasteiger partial charge on any atom is -0.0258 e. The van der Waals surface area contributed by atoms with Gasteiger partial charge in [-0.2, -0.15) is 0 Å². The quantitative estimate of drug-likeness (QED) is 0.494. The van der Waals surface area contributed by atoms with Crippen molar-refractivity contribution in [3.63, 3.8) is 0 Å². The van der Waals surface area contributed by atoms with Gasteiger partial charge in [0.2, 0.25) is 0 Å². The lowest BCUT2D eigenvalue weighted by Gasteiger charge is -2.47. The van der Waals surface area contributed by atoms with Gasteiger partial charge in [-0.3, -0.25) is 9.16 Å². The molecule has 0 saturated heterocycles. The highest BCUT2D eigenvalue weighted by Gasteiger charge is 2.18. The molecule has 0 aromatic rings. The van der Waals surface area contributed by atoms with Crippen LogP contribution in [0.25, 0.3) is 0 Å². The minimum absolute atomic E-state index is 0.691. The van der Waals surface area contributed by atoms with Crippen LogP contribution in [0.15, 0.2) is 12.7 Å². The van der Waals surface area contributed by atoms with E-state index in [4.69, 9.17) is 0 Å². The molecule has 0 fully saturated rings. The molecule has 0 bridgehead atoms. The first-order chi connectivity index (χ1) is 4.71. The van der Waals surface area contributed by atoms with E-state index in [1.54, 1.807) is 0 Å². The fraction of sp³-hybridized carbons (Fsp3) is 0.800. The van der Waals surface area contributed by atoms with E-state index in [-0.39, 0.29) is 0 Å². The molecule has 0 N–H and O–H groups in total. The first-order valence-corrected chi connectivity index (χ1v) is 8.54.